The first-order valence-electron chi connectivity index (χ1n) is 6.62. The maximum absolute atomic E-state index is 12.2. The number of fused-ring (bicyclic) bond motifs is 1. The fourth-order valence-corrected chi connectivity index (χ4v) is 5.97. The van der Waals surface area contributed by atoms with Crippen LogP contribution in [0.4, 0.5) is 5.69 Å². The van der Waals surface area contributed by atoms with Gasteiger partial charge in [-0.25, -0.2) is 16.8 Å². The minimum absolute atomic E-state index is 0.178. The van der Waals surface area contributed by atoms with Gasteiger partial charge in [-0.3, -0.25) is 4.31 Å². The van der Waals surface area contributed by atoms with E-state index in [2.05, 4.69) is 5.32 Å². The van der Waals surface area contributed by atoms with Gasteiger partial charge in [0.25, 0.3) is 0 Å². The Hall–Kier alpha value is -1.12. The van der Waals surface area contributed by atoms with Gasteiger partial charge in [-0.2, -0.15) is 0 Å². The number of nitrogens with zero attached hydrogens (tertiary/aromatic N) is 1. The molecular formula is C13H20N2O4S2. The molecule has 1 atom stereocenters. The number of hydrogen-bond acceptors (Lipinski definition) is 5. The van der Waals surface area contributed by atoms with E-state index in [1.54, 1.807) is 6.07 Å². The van der Waals surface area contributed by atoms with Crippen molar-refractivity contribution >= 4 is 25.5 Å². The Morgan fingerprint density at radius 2 is 1.95 bits per heavy atom. The third-order valence-corrected chi connectivity index (χ3v) is 7.54. The minimum Gasteiger partial charge on any atom is -0.313 e. The molecule has 0 saturated heterocycles. The van der Waals surface area contributed by atoms with Crippen molar-refractivity contribution in [2.24, 2.45) is 0 Å². The summed E-state index contributed by atoms with van der Waals surface area (Å²) >= 11 is 0. The summed E-state index contributed by atoms with van der Waals surface area (Å²) in [5, 5.41) is 2.28. The van der Waals surface area contributed by atoms with E-state index >= 15 is 0 Å². The summed E-state index contributed by atoms with van der Waals surface area (Å²) in [5.74, 6) is 0. The van der Waals surface area contributed by atoms with Crippen molar-refractivity contribution < 1.29 is 16.8 Å². The summed E-state index contributed by atoms with van der Waals surface area (Å²) in [6.07, 6.45) is 1.53. The predicted molar refractivity (Wildman–Crippen MR) is 83.6 cm³/mol. The summed E-state index contributed by atoms with van der Waals surface area (Å²) in [6.45, 7) is 2.32. The third kappa shape index (κ3) is 3.56. The monoisotopic (exact) mass is 332 g/mol. The Kier molecular flexibility index (Phi) is 4.32. The third-order valence-electron chi connectivity index (χ3n) is 3.59. The first-order valence-corrected chi connectivity index (χ1v) is 10.3. The van der Waals surface area contributed by atoms with Crippen molar-refractivity contribution in [3.63, 3.8) is 0 Å². The molecule has 0 aliphatic carbocycles. The Morgan fingerprint density at radius 3 is 2.52 bits per heavy atom. The highest BCUT2D eigenvalue weighted by Gasteiger charge is 2.32. The summed E-state index contributed by atoms with van der Waals surface area (Å²) in [7, 11) is -5.57. The van der Waals surface area contributed by atoms with E-state index in [-0.39, 0.29) is 6.04 Å². The molecule has 1 aromatic rings. The zero-order valence-corrected chi connectivity index (χ0v) is 14.0. The molecule has 1 unspecified atom stereocenters. The van der Waals surface area contributed by atoms with E-state index in [1.165, 1.54) is 4.31 Å². The number of sulfone groups is 1. The first-order chi connectivity index (χ1) is 9.64. The normalized spacial score (nSPS) is 16.8. The van der Waals surface area contributed by atoms with Crippen LogP contribution in [-0.2, 0) is 26.3 Å². The molecule has 0 radical (unpaired) electrons. The molecule has 0 aromatic heterocycles. The lowest BCUT2D eigenvalue weighted by atomic mass is 10.0. The molecule has 8 heteroatoms. The molecular weight excluding hydrogens is 312 g/mol. The van der Waals surface area contributed by atoms with Crippen molar-refractivity contribution in [3.8, 4) is 0 Å². The second kappa shape index (κ2) is 5.58. The SMILES string of the molecule is CNC(C)c1ccc2c(c1)CCN2S(=O)(=O)CS(C)(=O)=O. The van der Waals surface area contributed by atoms with Crippen LogP contribution < -0.4 is 9.62 Å². The lowest BCUT2D eigenvalue weighted by Crippen LogP contribution is -2.33. The molecule has 1 aromatic carbocycles. The van der Waals surface area contributed by atoms with Crippen LogP contribution in [0.3, 0.4) is 0 Å². The van der Waals surface area contributed by atoms with Crippen LogP contribution in [0, 0.1) is 0 Å². The zero-order chi connectivity index (χ0) is 15.8. The van der Waals surface area contributed by atoms with Gasteiger partial charge in [0.15, 0.2) is 14.9 Å². The van der Waals surface area contributed by atoms with Crippen molar-refractivity contribution in [1.29, 1.82) is 0 Å². The number of nitrogens with one attached hydrogen (secondary N) is 1. The van der Waals surface area contributed by atoms with Crippen LogP contribution >= 0.6 is 0 Å². The summed E-state index contributed by atoms with van der Waals surface area (Å²) in [4.78, 5) is 0. The molecule has 0 bridgehead atoms. The maximum atomic E-state index is 12.2. The van der Waals surface area contributed by atoms with Gasteiger partial charge in [0.05, 0.1) is 5.69 Å². The largest absolute Gasteiger partial charge is 0.313 e. The predicted octanol–water partition coefficient (Wildman–Crippen LogP) is 0.661. The first kappa shape index (κ1) is 16.3. The number of benzene rings is 1. The number of anilines is 1. The highest BCUT2D eigenvalue weighted by molar-refractivity contribution is 8.08. The van der Waals surface area contributed by atoms with Crippen LogP contribution in [0.1, 0.15) is 24.1 Å². The Morgan fingerprint density at radius 1 is 1.29 bits per heavy atom. The van der Waals surface area contributed by atoms with Gasteiger partial charge >= 0.3 is 0 Å². The summed E-state index contributed by atoms with van der Waals surface area (Å²) < 4.78 is 48.2. The molecule has 6 nitrogen and oxygen atoms in total. The molecule has 21 heavy (non-hydrogen) atoms. The van der Waals surface area contributed by atoms with Gasteiger partial charge < -0.3 is 5.32 Å². The second-order valence-electron chi connectivity index (χ2n) is 5.38. The second-order valence-corrected chi connectivity index (χ2v) is 9.78. The Labute approximate surface area is 126 Å². The van der Waals surface area contributed by atoms with E-state index in [0.29, 0.717) is 18.7 Å². The average molecular weight is 332 g/mol. The molecule has 1 aliphatic heterocycles. The van der Waals surface area contributed by atoms with Gasteiger partial charge in [0, 0.05) is 18.8 Å². The summed E-state index contributed by atoms with van der Waals surface area (Å²) in [5.41, 5.74) is 2.61. The molecule has 0 saturated carbocycles. The number of hydrogen-bond donors (Lipinski definition) is 1. The van der Waals surface area contributed by atoms with Crippen LogP contribution in [0.25, 0.3) is 0 Å². The number of sulfonamides is 1. The van der Waals surface area contributed by atoms with Gasteiger partial charge in [0.2, 0.25) is 10.0 Å². The Bertz CT molecular complexity index is 741. The fraction of sp³-hybridized carbons (Fsp3) is 0.538. The zero-order valence-electron chi connectivity index (χ0n) is 12.3. The van der Waals surface area contributed by atoms with E-state index in [1.807, 2.05) is 26.1 Å². The van der Waals surface area contributed by atoms with Crippen molar-refractivity contribution in [2.45, 2.75) is 19.4 Å². The molecule has 1 aliphatic rings. The van der Waals surface area contributed by atoms with Crippen molar-refractivity contribution in [3.05, 3.63) is 29.3 Å². The van der Waals surface area contributed by atoms with Crippen LogP contribution in [0.15, 0.2) is 18.2 Å². The summed E-state index contributed by atoms with van der Waals surface area (Å²) in [6, 6.07) is 5.78. The van der Waals surface area contributed by atoms with Crippen LogP contribution in [-0.4, -0.2) is 41.8 Å². The molecule has 2 rings (SSSR count). The molecule has 0 amide bonds. The van der Waals surface area contributed by atoms with E-state index < -0.39 is 24.9 Å². The van der Waals surface area contributed by atoms with Crippen molar-refractivity contribution in [2.75, 3.05) is 29.2 Å². The lowest BCUT2D eigenvalue weighted by molar-refractivity contribution is 0.589. The minimum atomic E-state index is -3.84. The van der Waals surface area contributed by atoms with Gasteiger partial charge in [0.1, 0.15) is 0 Å². The van der Waals surface area contributed by atoms with Gasteiger partial charge in [-0.05, 0) is 37.6 Å². The standard InChI is InChI=1S/C13H20N2O4S2/c1-10(14-2)11-4-5-13-12(8-11)6-7-15(13)21(18,19)9-20(3,16)17/h4-5,8,10,14H,6-7,9H2,1-3H3. The van der Waals surface area contributed by atoms with Gasteiger partial charge in [-0.1, -0.05) is 12.1 Å². The van der Waals surface area contributed by atoms with Crippen LogP contribution in [0.2, 0.25) is 0 Å². The molecule has 1 N–H and O–H groups in total. The van der Waals surface area contributed by atoms with E-state index in [0.717, 1.165) is 17.4 Å². The van der Waals surface area contributed by atoms with Gasteiger partial charge in [-0.15, -0.1) is 0 Å². The van der Waals surface area contributed by atoms with E-state index in [4.69, 9.17) is 0 Å². The quantitative estimate of drug-likeness (QED) is 0.856. The molecule has 118 valence electrons. The smallest absolute Gasteiger partial charge is 0.249 e. The Balaban J connectivity index is 2.35. The number of rotatable bonds is 5. The molecule has 0 spiro atoms. The topological polar surface area (TPSA) is 83.6 Å². The highest BCUT2D eigenvalue weighted by Crippen LogP contribution is 2.32. The fourth-order valence-electron chi connectivity index (χ4n) is 2.45. The lowest BCUT2D eigenvalue weighted by Gasteiger charge is -2.19. The van der Waals surface area contributed by atoms with E-state index in [9.17, 15) is 16.8 Å². The highest BCUT2D eigenvalue weighted by atomic mass is 32.3. The molecule has 0 fully saturated rings. The molecule has 1 heterocycles. The maximum Gasteiger partial charge on any atom is 0.249 e. The average Bonchev–Trinajstić information content (AvgIpc) is 2.78. The van der Waals surface area contributed by atoms with Crippen molar-refractivity contribution in [1.82, 2.24) is 5.32 Å². The van der Waals surface area contributed by atoms with Crippen LogP contribution in [0.5, 0.6) is 0 Å².